The molecule has 1 N–H and O–H groups in total. The molecule has 4 heteroatoms. The molecule has 20 heavy (non-hydrogen) atoms. The number of hydrogen-bond donors (Lipinski definition) is 1. The quantitative estimate of drug-likeness (QED) is 0.534. The third-order valence-corrected chi connectivity index (χ3v) is 4.65. The Kier molecular flexibility index (Phi) is 4.69. The Morgan fingerprint density at radius 2 is 1.70 bits per heavy atom. The van der Waals surface area contributed by atoms with E-state index in [0.29, 0.717) is 5.75 Å². The van der Waals surface area contributed by atoms with Crippen molar-refractivity contribution >= 4 is 16.9 Å². The van der Waals surface area contributed by atoms with Gasteiger partial charge in [-0.3, -0.25) is 4.79 Å². The van der Waals surface area contributed by atoms with Crippen molar-refractivity contribution in [2.45, 2.75) is 17.6 Å². The van der Waals surface area contributed by atoms with Crippen LogP contribution in [0.4, 0.5) is 0 Å². The number of aromatic hydroxyl groups is 1. The first-order chi connectivity index (χ1) is 9.54. The second kappa shape index (κ2) is 6.48. The van der Waals surface area contributed by atoms with Crippen LogP contribution in [0.25, 0.3) is 0 Å². The Morgan fingerprint density at radius 1 is 1.10 bits per heavy atom. The minimum absolute atomic E-state index is 0.0659. The van der Waals surface area contributed by atoms with Crippen LogP contribution in [-0.2, 0) is 21.4 Å². The van der Waals surface area contributed by atoms with Crippen LogP contribution in [0.1, 0.15) is 12.5 Å². The zero-order valence-corrected chi connectivity index (χ0v) is 12.3. The highest BCUT2D eigenvalue weighted by Gasteiger charge is 2.16. The average molecular weight is 289 g/mol. The number of carbonyl (C=O) groups excluding carboxylic acids is 1. The van der Waals surface area contributed by atoms with Crippen molar-refractivity contribution in [1.82, 2.24) is 0 Å². The van der Waals surface area contributed by atoms with E-state index in [1.54, 1.807) is 12.1 Å². The Balaban J connectivity index is 2.03. The molecule has 104 valence electrons. The zero-order valence-electron chi connectivity index (χ0n) is 11.5. The van der Waals surface area contributed by atoms with E-state index in [2.05, 4.69) is 6.26 Å². The Hall–Kier alpha value is -1.94. The van der Waals surface area contributed by atoms with Crippen LogP contribution < -0.4 is 4.74 Å². The summed E-state index contributed by atoms with van der Waals surface area (Å²) in [5.41, 5.74) is 1.19. The summed E-state index contributed by atoms with van der Waals surface area (Å²) in [4.78, 5) is 12.1. The Morgan fingerprint density at radius 3 is 2.25 bits per heavy atom. The summed E-state index contributed by atoms with van der Waals surface area (Å²) < 4.78 is 5.02. The predicted molar refractivity (Wildman–Crippen MR) is 81.1 cm³/mol. The lowest BCUT2D eigenvalue weighted by atomic mass is 10.2. The van der Waals surface area contributed by atoms with Gasteiger partial charge in [-0.1, -0.05) is 12.1 Å². The fourth-order valence-electron chi connectivity index (χ4n) is 1.83. The maximum Gasteiger partial charge on any atom is 0.308 e. The maximum atomic E-state index is 10.9. The third kappa shape index (κ3) is 4.03. The molecule has 2 aromatic carbocycles. The third-order valence-electron chi connectivity index (χ3n) is 2.81. The molecule has 0 spiro atoms. The lowest BCUT2D eigenvalue weighted by Gasteiger charge is -2.05. The van der Waals surface area contributed by atoms with Gasteiger partial charge in [-0.15, -0.1) is 0 Å². The largest absolute Gasteiger partial charge is 0.508 e. The van der Waals surface area contributed by atoms with Gasteiger partial charge in [0.25, 0.3) is 0 Å². The monoisotopic (exact) mass is 289 g/mol. The molecule has 0 saturated carbocycles. The summed E-state index contributed by atoms with van der Waals surface area (Å²) in [7, 11) is 0.0659. The molecule has 0 bridgehead atoms. The van der Waals surface area contributed by atoms with Gasteiger partial charge in [0.1, 0.15) is 23.5 Å². The van der Waals surface area contributed by atoms with Crippen LogP contribution in [0.5, 0.6) is 11.5 Å². The summed E-state index contributed by atoms with van der Waals surface area (Å²) in [6.07, 6.45) is 2.17. The van der Waals surface area contributed by atoms with Gasteiger partial charge in [0.2, 0.25) is 0 Å². The van der Waals surface area contributed by atoms with E-state index >= 15 is 0 Å². The van der Waals surface area contributed by atoms with E-state index in [9.17, 15) is 9.90 Å². The highest BCUT2D eigenvalue weighted by atomic mass is 32.2. The van der Waals surface area contributed by atoms with E-state index in [-0.39, 0.29) is 22.6 Å². The zero-order chi connectivity index (χ0) is 14.5. The second-order valence-electron chi connectivity index (χ2n) is 4.51. The molecule has 2 aromatic rings. The van der Waals surface area contributed by atoms with Gasteiger partial charge < -0.3 is 9.84 Å². The molecular formula is C16H17O3S+. The molecule has 3 nitrogen and oxygen atoms in total. The topological polar surface area (TPSA) is 46.5 Å². The average Bonchev–Trinajstić information content (AvgIpc) is 2.41. The number of ether oxygens (including phenoxy) is 1. The number of phenolic OH excluding ortho intramolecular Hbond substituents is 1. The molecular weight excluding hydrogens is 272 g/mol. The van der Waals surface area contributed by atoms with Crippen molar-refractivity contribution in [2.24, 2.45) is 0 Å². The minimum atomic E-state index is -0.308. The smallest absolute Gasteiger partial charge is 0.308 e. The molecule has 0 aliphatic carbocycles. The number of rotatable bonds is 4. The summed E-state index contributed by atoms with van der Waals surface area (Å²) >= 11 is 0. The van der Waals surface area contributed by atoms with Crippen LogP contribution in [0.15, 0.2) is 53.4 Å². The molecule has 2 rings (SSSR count). The fourth-order valence-corrected chi connectivity index (χ4v) is 3.29. The number of hydrogen-bond acceptors (Lipinski definition) is 3. The molecule has 0 aromatic heterocycles. The standard InChI is InChI=1S/C16H16O3S/c1-12(17)19-15-7-9-16(10-8-15)20(2)11-13-3-5-14(18)6-4-13/h3-10H,11H2,1-2H3/p+1. The summed E-state index contributed by atoms with van der Waals surface area (Å²) in [6, 6.07) is 14.9. The summed E-state index contributed by atoms with van der Waals surface area (Å²) in [5, 5.41) is 9.27. The van der Waals surface area contributed by atoms with Crippen LogP contribution in [0.3, 0.4) is 0 Å². The van der Waals surface area contributed by atoms with Gasteiger partial charge in [-0.25, -0.2) is 0 Å². The van der Waals surface area contributed by atoms with Crippen LogP contribution in [-0.4, -0.2) is 17.3 Å². The van der Waals surface area contributed by atoms with Gasteiger partial charge in [0, 0.05) is 23.4 Å². The van der Waals surface area contributed by atoms with Gasteiger partial charge >= 0.3 is 5.97 Å². The number of phenols is 1. The molecule has 1 unspecified atom stereocenters. The molecule has 0 radical (unpaired) electrons. The van der Waals surface area contributed by atoms with Crippen molar-refractivity contribution in [2.75, 3.05) is 6.26 Å². The first-order valence-corrected chi connectivity index (χ1v) is 8.04. The Labute approximate surface area is 121 Å². The van der Waals surface area contributed by atoms with Crippen molar-refractivity contribution < 1.29 is 14.6 Å². The van der Waals surface area contributed by atoms with Crippen LogP contribution in [0, 0.1) is 0 Å². The summed E-state index contributed by atoms with van der Waals surface area (Å²) in [6.45, 7) is 1.39. The van der Waals surface area contributed by atoms with Crippen molar-refractivity contribution in [3.05, 3.63) is 54.1 Å². The number of carbonyl (C=O) groups is 1. The fraction of sp³-hybridized carbons (Fsp3) is 0.188. The highest BCUT2D eigenvalue weighted by molar-refractivity contribution is 7.95. The van der Waals surface area contributed by atoms with Crippen molar-refractivity contribution in [3.8, 4) is 11.5 Å². The molecule has 0 amide bonds. The van der Waals surface area contributed by atoms with E-state index < -0.39 is 0 Å². The van der Waals surface area contributed by atoms with E-state index in [1.807, 2.05) is 36.4 Å². The Bertz CT molecular complexity index is 576. The molecule has 1 atom stereocenters. The number of esters is 1. The first-order valence-electron chi connectivity index (χ1n) is 6.23. The van der Waals surface area contributed by atoms with Gasteiger partial charge in [0.15, 0.2) is 4.90 Å². The summed E-state index contributed by atoms with van der Waals surface area (Å²) in [5.74, 6) is 1.48. The molecule has 0 saturated heterocycles. The molecule has 0 aliphatic rings. The van der Waals surface area contributed by atoms with Crippen LogP contribution >= 0.6 is 0 Å². The van der Waals surface area contributed by atoms with E-state index in [4.69, 9.17) is 4.74 Å². The van der Waals surface area contributed by atoms with Gasteiger partial charge in [-0.2, -0.15) is 0 Å². The maximum absolute atomic E-state index is 10.9. The normalized spacial score (nSPS) is 11.9. The minimum Gasteiger partial charge on any atom is -0.508 e. The first kappa shape index (κ1) is 14.5. The van der Waals surface area contributed by atoms with Crippen molar-refractivity contribution in [3.63, 3.8) is 0 Å². The van der Waals surface area contributed by atoms with Crippen molar-refractivity contribution in [1.29, 1.82) is 0 Å². The SMILES string of the molecule is CC(=O)Oc1ccc([S+](C)Cc2ccc(O)cc2)cc1. The lowest BCUT2D eigenvalue weighted by molar-refractivity contribution is -0.131. The van der Waals surface area contributed by atoms with Gasteiger partial charge in [-0.05, 0) is 36.4 Å². The molecule has 0 aliphatic heterocycles. The molecule has 0 fully saturated rings. The lowest BCUT2D eigenvalue weighted by Crippen LogP contribution is -2.05. The van der Waals surface area contributed by atoms with Gasteiger partial charge in [0.05, 0.1) is 0 Å². The highest BCUT2D eigenvalue weighted by Crippen LogP contribution is 2.21. The number of benzene rings is 2. The van der Waals surface area contributed by atoms with Crippen LogP contribution in [0.2, 0.25) is 0 Å². The van der Waals surface area contributed by atoms with E-state index in [0.717, 1.165) is 5.75 Å². The predicted octanol–water partition coefficient (Wildman–Crippen LogP) is 3.12. The second-order valence-corrected chi connectivity index (χ2v) is 6.55. The van der Waals surface area contributed by atoms with E-state index in [1.165, 1.54) is 17.4 Å². The molecule has 0 heterocycles.